The summed E-state index contributed by atoms with van der Waals surface area (Å²) in [7, 11) is -0.212. The molecule has 1 saturated heterocycles. The molecule has 1 heterocycles. The molecule has 0 aliphatic carbocycles. The summed E-state index contributed by atoms with van der Waals surface area (Å²) in [6.07, 6.45) is 2.02. The van der Waals surface area contributed by atoms with E-state index in [1.807, 2.05) is 0 Å². The van der Waals surface area contributed by atoms with E-state index in [9.17, 15) is 0 Å². The highest BCUT2D eigenvalue weighted by atomic mass is 16.7. The third-order valence-electron chi connectivity index (χ3n) is 5.66. The number of benzene rings is 2. The highest BCUT2D eigenvalue weighted by molar-refractivity contribution is 6.47. The first kappa shape index (κ1) is 18.2. The van der Waals surface area contributed by atoms with Crippen molar-refractivity contribution >= 4 is 7.12 Å². The Balaban J connectivity index is 1.85. The van der Waals surface area contributed by atoms with Gasteiger partial charge in [0.25, 0.3) is 0 Å². The highest BCUT2D eigenvalue weighted by Gasteiger charge is 2.53. The molecule has 1 aliphatic heterocycles. The van der Waals surface area contributed by atoms with Gasteiger partial charge in [0.05, 0.1) is 11.2 Å². The van der Waals surface area contributed by atoms with E-state index >= 15 is 0 Å². The standard InChI is InChI=1S/C22H29BO2/c1-17-10-9-13-19(16-17)20(15-14-18-11-7-6-8-12-18)23-24-21(2,3)22(4,5)25-23/h6-13,16,20H,14-15H2,1-5H3. The van der Waals surface area contributed by atoms with E-state index < -0.39 is 0 Å². The SMILES string of the molecule is Cc1cccc(C(CCc2ccccc2)B2OC(C)(C)C(C)(C)O2)c1. The Hall–Kier alpha value is -1.58. The Morgan fingerprint density at radius 1 is 0.880 bits per heavy atom. The minimum Gasteiger partial charge on any atom is -0.403 e. The van der Waals surface area contributed by atoms with E-state index in [0.29, 0.717) is 0 Å². The van der Waals surface area contributed by atoms with Crippen molar-refractivity contribution in [2.75, 3.05) is 0 Å². The molecular weight excluding hydrogens is 307 g/mol. The molecule has 2 nitrogen and oxygen atoms in total. The molecule has 0 aromatic heterocycles. The van der Waals surface area contributed by atoms with E-state index in [1.54, 1.807) is 0 Å². The zero-order valence-corrected chi connectivity index (χ0v) is 16.1. The van der Waals surface area contributed by atoms with Crippen molar-refractivity contribution in [3.05, 3.63) is 71.3 Å². The summed E-state index contributed by atoms with van der Waals surface area (Å²) in [5.41, 5.74) is 3.34. The van der Waals surface area contributed by atoms with Gasteiger partial charge in [0.2, 0.25) is 0 Å². The van der Waals surface area contributed by atoms with Gasteiger partial charge < -0.3 is 9.31 Å². The molecule has 0 bridgehead atoms. The Kier molecular flexibility index (Phi) is 5.08. The fourth-order valence-corrected chi connectivity index (χ4v) is 3.38. The van der Waals surface area contributed by atoms with E-state index in [1.165, 1.54) is 16.7 Å². The van der Waals surface area contributed by atoms with Gasteiger partial charge in [0.15, 0.2) is 0 Å². The van der Waals surface area contributed by atoms with Gasteiger partial charge in [-0.15, -0.1) is 0 Å². The lowest BCUT2D eigenvalue weighted by Crippen LogP contribution is -2.41. The van der Waals surface area contributed by atoms with Crippen molar-refractivity contribution in [1.29, 1.82) is 0 Å². The van der Waals surface area contributed by atoms with E-state index in [2.05, 4.69) is 89.2 Å². The van der Waals surface area contributed by atoms with E-state index in [4.69, 9.17) is 9.31 Å². The molecular formula is C22H29BO2. The van der Waals surface area contributed by atoms with Gasteiger partial charge >= 0.3 is 7.12 Å². The summed E-state index contributed by atoms with van der Waals surface area (Å²) in [5, 5.41) is 0. The average molecular weight is 336 g/mol. The van der Waals surface area contributed by atoms with Crippen LogP contribution in [-0.2, 0) is 15.7 Å². The van der Waals surface area contributed by atoms with Crippen LogP contribution in [0.15, 0.2) is 54.6 Å². The smallest absolute Gasteiger partial charge is 0.403 e. The normalized spacial score (nSPS) is 19.8. The summed E-state index contributed by atoms with van der Waals surface area (Å²) in [4.78, 5) is 0. The molecule has 1 atom stereocenters. The first-order chi connectivity index (χ1) is 11.8. The topological polar surface area (TPSA) is 18.5 Å². The highest BCUT2D eigenvalue weighted by Crippen LogP contribution is 2.42. The molecule has 3 heteroatoms. The minimum atomic E-state index is -0.299. The van der Waals surface area contributed by atoms with Gasteiger partial charge in [0, 0.05) is 5.82 Å². The molecule has 0 N–H and O–H groups in total. The van der Waals surface area contributed by atoms with Crippen molar-refractivity contribution in [2.45, 2.75) is 64.5 Å². The first-order valence-electron chi connectivity index (χ1n) is 9.25. The van der Waals surface area contributed by atoms with Crippen LogP contribution in [0.25, 0.3) is 0 Å². The monoisotopic (exact) mass is 336 g/mol. The average Bonchev–Trinajstić information content (AvgIpc) is 2.76. The predicted octanol–water partition coefficient (Wildman–Crippen LogP) is 5.34. The molecule has 0 amide bonds. The van der Waals surface area contributed by atoms with Gasteiger partial charge in [0.1, 0.15) is 0 Å². The molecule has 1 fully saturated rings. The maximum atomic E-state index is 6.39. The third-order valence-corrected chi connectivity index (χ3v) is 5.66. The van der Waals surface area contributed by atoms with E-state index in [0.717, 1.165) is 12.8 Å². The summed E-state index contributed by atoms with van der Waals surface area (Å²) in [6.45, 7) is 10.6. The Morgan fingerprint density at radius 2 is 1.52 bits per heavy atom. The van der Waals surface area contributed by atoms with Crippen molar-refractivity contribution in [2.24, 2.45) is 0 Å². The third kappa shape index (κ3) is 3.99. The van der Waals surface area contributed by atoms with E-state index in [-0.39, 0.29) is 24.1 Å². The second kappa shape index (κ2) is 6.97. The van der Waals surface area contributed by atoms with Gasteiger partial charge in [-0.2, -0.15) is 0 Å². The lowest BCUT2D eigenvalue weighted by atomic mass is 9.65. The quantitative estimate of drug-likeness (QED) is 0.686. The summed E-state index contributed by atoms with van der Waals surface area (Å²) >= 11 is 0. The maximum absolute atomic E-state index is 6.39. The van der Waals surface area contributed by atoms with Crippen LogP contribution in [-0.4, -0.2) is 18.3 Å². The number of rotatable bonds is 5. The van der Waals surface area contributed by atoms with Crippen LogP contribution in [0, 0.1) is 6.92 Å². The molecule has 132 valence electrons. The predicted molar refractivity (Wildman–Crippen MR) is 105 cm³/mol. The van der Waals surface area contributed by atoms with Gasteiger partial charge in [-0.25, -0.2) is 0 Å². The van der Waals surface area contributed by atoms with Crippen LogP contribution in [0.3, 0.4) is 0 Å². The van der Waals surface area contributed by atoms with Gasteiger partial charge in [-0.3, -0.25) is 0 Å². The molecule has 2 aromatic carbocycles. The zero-order valence-electron chi connectivity index (χ0n) is 16.1. The van der Waals surface area contributed by atoms with Crippen LogP contribution >= 0.6 is 0 Å². The van der Waals surface area contributed by atoms with Crippen molar-refractivity contribution < 1.29 is 9.31 Å². The Morgan fingerprint density at radius 3 is 2.12 bits per heavy atom. The zero-order chi connectivity index (χ0) is 18.1. The van der Waals surface area contributed by atoms with Crippen molar-refractivity contribution in [3.8, 4) is 0 Å². The van der Waals surface area contributed by atoms with Gasteiger partial charge in [-0.1, -0.05) is 60.2 Å². The number of hydrogen-bond donors (Lipinski definition) is 0. The number of hydrogen-bond acceptors (Lipinski definition) is 2. The second-order valence-corrected chi connectivity index (χ2v) is 8.17. The molecule has 25 heavy (non-hydrogen) atoms. The maximum Gasteiger partial charge on any atom is 0.465 e. The Labute approximate surface area is 152 Å². The molecule has 0 saturated carbocycles. The largest absolute Gasteiger partial charge is 0.465 e. The lowest BCUT2D eigenvalue weighted by Gasteiger charge is -2.32. The summed E-state index contributed by atoms with van der Waals surface area (Å²) in [6, 6.07) is 19.4. The molecule has 0 spiro atoms. The molecule has 0 radical (unpaired) electrons. The van der Waals surface area contributed by atoms with Crippen LogP contribution in [0.2, 0.25) is 0 Å². The number of aryl methyl sites for hydroxylation is 2. The van der Waals surface area contributed by atoms with Crippen LogP contribution in [0.5, 0.6) is 0 Å². The molecule has 1 aliphatic rings. The second-order valence-electron chi connectivity index (χ2n) is 8.17. The fraction of sp³-hybridized carbons (Fsp3) is 0.455. The lowest BCUT2D eigenvalue weighted by molar-refractivity contribution is 0.00578. The molecule has 3 rings (SSSR count). The van der Waals surface area contributed by atoms with Crippen LogP contribution in [0.4, 0.5) is 0 Å². The minimum absolute atomic E-state index is 0.212. The summed E-state index contributed by atoms with van der Waals surface area (Å²) < 4.78 is 12.8. The molecule has 2 aromatic rings. The van der Waals surface area contributed by atoms with Crippen molar-refractivity contribution in [1.82, 2.24) is 0 Å². The van der Waals surface area contributed by atoms with Crippen LogP contribution < -0.4 is 0 Å². The Bertz CT molecular complexity index is 693. The molecule has 1 unspecified atom stereocenters. The summed E-state index contributed by atoms with van der Waals surface area (Å²) in [5.74, 6) is 0.223. The fourth-order valence-electron chi connectivity index (χ4n) is 3.38. The van der Waals surface area contributed by atoms with Crippen LogP contribution in [0.1, 0.15) is 56.6 Å². The first-order valence-corrected chi connectivity index (χ1v) is 9.25. The van der Waals surface area contributed by atoms with Gasteiger partial charge in [-0.05, 0) is 58.6 Å². The van der Waals surface area contributed by atoms with Crippen molar-refractivity contribution in [3.63, 3.8) is 0 Å².